The first-order chi connectivity index (χ1) is 20.9. The quantitative estimate of drug-likeness (QED) is 0.0702. The molecule has 43 heavy (non-hydrogen) atoms. The van der Waals surface area contributed by atoms with Gasteiger partial charge in [-0.25, -0.2) is 0 Å². The zero-order valence-electron chi connectivity index (χ0n) is 23.8. The Balaban J connectivity index is 1.33. The van der Waals surface area contributed by atoms with Gasteiger partial charge in [-0.05, 0) is 54.5 Å². The Hall–Kier alpha value is -3.94. The molecule has 0 radical (unpaired) electrons. The smallest absolute Gasteiger partial charge is 0.323 e. The number of halogens is 2. The number of aryl methyl sites for hydroxylation is 1. The van der Waals surface area contributed by atoms with Crippen LogP contribution in [0.5, 0.6) is 11.5 Å². The zero-order valence-corrected chi connectivity index (χ0v) is 25.3. The summed E-state index contributed by atoms with van der Waals surface area (Å²) < 4.78 is 13.6. The predicted octanol–water partition coefficient (Wildman–Crippen LogP) is 8.02. The maximum Gasteiger partial charge on any atom is 0.323 e. The molecule has 0 aliphatic rings. The summed E-state index contributed by atoms with van der Waals surface area (Å²) in [5.41, 5.74) is 5.51. The highest BCUT2D eigenvalue weighted by molar-refractivity contribution is 6.18. The van der Waals surface area contributed by atoms with E-state index in [1.807, 2.05) is 79.0 Å². The molecule has 3 aromatic carbocycles. The van der Waals surface area contributed by atoms with E-state index in [-0.39, 0.29) is 13.0 Å². The number of hydrogen-bond acceptors (Lipinski definition) is 4. The number of aromatic nitrogens is 1. The first kappa shape index (κ1) is 32.0. The van der Waals surface area contributed by atoms with E-state index >= 15 is 0 Å². The van der Waals surface area contributed by atoms with Gasteiger partial charge in [0.2, 0.25) is 0 Å². The summed E-state index contributed by atoms with van der Waals surface area (Å²) in [6, 6.07) is 19.5. The first-order valence-corrected chi connectivity index (χ1v) is 15.3. The van der Waals surface area contributed by atoms with Crippen LogP contribution in [0.15, 0.2) is 66.9 Å². The third-order valence-electron chi connectivity index (χ3n) is 7.01. The summed E-state index contributed by atoms with van der Waals surface area (Å²) in [6.07, 6.45) is 8.55. The summed E-state index contributed by atoms with van der Waals surface area (Å²) >= 11 is 12.1. The second kappa shape index (κ2) is 16.1. The molecule has 2 N–H and O–H groups in total. The number of aliphatic carboxylic acids is 2. The van der Waals surface area contributed by atoms with Crippen LogP contribution in [-0.2, 0) is 34.3 Å². The summed E-state index contributed by atoms with van der Waals surface area (Å²) in [4.78, 5) is 22.5. The fourth-order valence-electron chi connectivity index (χ4n) is 4.96. The Morgan fingerprint density at radius 1 is 0.767 bits per heavy atom. The van der Waals surface area contributed by atoms with E-state index in [1.165, 1.54) is 0 Å². The summed E-state index contributed by atoms with van der Waals surface area (Å²) in [7, 11) is 0. The molecular formula is C34H35Cl2NO6. The molecular weight excluding hydrogens is 589 g/mol. The van der Waals surface area contributed by atoms with Crippen molar-refractivity contribution in [3.05, 3.63) is 94.7 Å². The molecule has 0 fully saturated rings. The summed E-state index contributed by atoms with van der Waals surface area (Å²) in [5.74, 6) is 0.524. The minimum absolute atomic E-state index is 0.0686. The van der Waals surface area contributed by atoms with Crippen molar-refractivity contribution in [3.8, 4) is 11.5 Å². The number of rotatable bonds is 17. The van der Waals surface area contributed by atoms with Gasteiger partial charge in [-0.2, -0.15) is 0 Å². The van der Waals surface area contributed by atoms with Crippen molar-refractivity contribution in [1.29, 1.82) is 0 Å². The first-order valence-electron chi connectivity index (χ1n) is 14.2. The molecule has 0 unspecified atom stereocenters. The highest BCUT2D eigenvalue weighted by Gasteiger charge is 2.14. The topological polar surface area (TPSA) is 98.0 Å². The minimum Gasteiger partial charge on any atom is -0.494 e. The third kappa shape index (κ3) is 9.02. The average Bonchev–Trinajstić information content (AvgIpc) is 3.35. The maximum atomic E-state index is 11.5. The zero-order chi connectivity index (χ0) is 30.6. The van der Waals surface area contributed by atoms with Crippen molar-refractivity contribution < 1.29 is 29.3 Å². The van der Waals surface area contributed by atoms with E-state index in [0.717, 1.165) is 63.1 Å². The van der Waals surface area contributed by atoms with Crippen molar-refractivity contribution in [3.63, 3.8) is 0 Å². The number of carbonyl (C=O) groups is 2. The van der Waals surface area contributed by atoms with Crippen molar-refractivity contribution in [1.82, 2.24) is 4.57 Å². The lowest BCUT2D eigenvalue weighted by Gasteiger charge is -2.13. The fraction of sp³-hybridized carbons (Fsp3) is 0.294. The summed E-state index contributed by atoms with van der Waals surface area (Å²) in [5, 5.41) is 19.4. The predicted molar refractivity (Wildman–Crippen MR) is 171 cm³/mol. The van der Waals surface area contributed by atoms with E-state index in [2.05, 4.69) is 0 Å². The van der Waals surface area contributed by atoms with E-state index in [9.17, 15) is 14.7 Å². The summed E-state index contributed by atoms with van der Waals surface area (Å²) in [6.45, 7) is 0.945. The van der Waals surface area contributed by atoms with Crippen LogP contribution < -0.4 is 9.47 Å². The highest BCUT2D eigenvalue weighted by Crippen LogP contribution is 2.29. The van der Waals surface area contributed by atoms with Crippen LogP contribution in [0.1, 0.15) is 53.5 Å². The largest absolute Gasteiger partial charge is 0.494 e. The molecule has 9 heteroatoms. The molecule has 1 aromatic heterocycles. The normalized spacial score (nSPS) is 11.3. The molecule has 0 atom stereocenters. The lowest BCUT2D eigenvalue weighted by atomic mass is 10.0. The van der Waals surface area contributed by atoms with Crippen molar-refractivity contribution in [2.45, 2.75) is 50.4 Å². The number of ether oxygens (including phenoxy) is 2. The highest BCUT2D eigenvalue weighted by atomic mass is 35.5. The van der Waals surface area contributed by atoms with E-state index in [0.29, 0.717) is 37.8 Å². The number of nitrogens with zero attached hydrogens (tertiary/aromatic N) is 1. The Kier molecular flexibility index (Phi) is 11.9. The molecule has 4 rings (SSSR count). The lowest BCUT2D eigenvalue weighted by molar-refractivity contribution is -0.138. The van der Waals surface area contributed by atoms with Crippen molar-refractivity contribution in [2.75, 3.05) is 13.2 Å². The van der Waals surface area contributed by atoms with Crippen LogP contribution in [0.4, 0.5) is 0 Å². The number of fused-ring (bicyclic) bond motifs is 1. The molecule has 0 spiro atoms. The number of unbranched alkanes of at least 4 members (excludes halogenated alkanes) is 1. The third-order valence-corrected chi connectivity index (χ3v) is 7.59. The van der Waals surface area contributed by atoms with Crippen LogP contribution in [0, 0.1) is 0 Å². The Bertz CT molecular complexity index is 1540. The Morgan fingerprint density at radius 3 is 2.09 bits per heavy atom. The van der Waals surface area contributed by atoms with Gasteiger partial charge in [0.15, 0.2) is 0 Å². The van der Waals surface area contributed by atoms with E-state index in [1.54, 1.807) is 4.57 Å². The van der Waals surface area contributed by atoms with Gasteiger partial charge in [0.25, 0.3) is 0 Å². The molecule has 0 bridgehead atoms. The number of carboxylic acid groups (broad SMARTS) is 2. The number of carboxylic acids is 2. The molecule has 0 aliphatic heterocycles. The molecule has 7 nitrogen and oxygen atoms in total. The second-order valence-electron chi connectivity index (χ2n) is 10.1. The van der Waals surface area contributed by atoms with Gasteiger partial charge >= 0.3 is 11.9 Å². The molecule has 1 heterocycles. The Labute approximate surface area is 261 Å². The number of alkyl halides is 2. The van der Waals surface area contributed by atoms with Crippen LogP contribution >= 0.6 is 23.2 Å². The average molecular weight is 625 g/mol. The van der Waals surface area contributed by atoms with Gasteiger partial charge in [-0.3, -0.25) is 9.59 Å². The maximum absolute atomic E-state index is 11.5. The van der Waals surface area contributed by atoms with Crippen LogP contribution in [0.3, 0.4) is 0 Å². The minimum atomic E-state index is -0.937. The standard InChI is InChI=1S/C34H35Cl2NO6/c35-20-26-7-3-8-27(21-36)34(26)43-19-2-1-18-42-29-16-13-24(14-17-29)12-15-25-6-4-10-30-28(9-5-11-31(38)39)22-37(33(25)30)23-32(40)41/h3-4,6-8,10,12-17,22H,1-2,5,9,11,18-21,23H2,(H,38,39)(H,40,41)/b15-12+. The molecule has 0 saturated heterocycles. The number of para-hydroxylation sites is 2. The van der Waals surface area contributed by atoms with Gasteiger partial charge in [0.1, 0.15) is 18.0 Å². The molecule has 0 aliphatic carbocycles. The van der Waals surface area contributed by atoms with Gasteiger partial charge in [0, 0.05) is 29.1 Å². The van der Waals surface area contributed by atoms with Gasteiger partial charge < -0.3 is 24.3 Å². The monoisotopic (exact) mass is 623 g/mol. The molecule has 0 amide bonds. The molecule has 226 valence electrons. The van der Waals surface area contributed by atoms with Crippen LogP contribution in [0.25, 0.3) is 23.1 Å². The van der Waals surface area contributed by atoms with Crippen molar-refractivity contribution in [2.24, 2.45) is 0 Å². The van der Waals surface area contributed by atoms with Crippen LogP contribution in [-0.4, -0.2) is 39.9 Å². The molecule has 4 aromatic rings. The number of hydrogen-bond donors (Lipinski definition) is 2. The van der Waals surface area contributed by atoms with Crippen LogP contribution in [0.2, 0.25) is 0 Å². The lowest BCUT2D eigenvalue weighted by Crippen LogP contribution is -2.07. The fourth-order valence-corrected chi connectivity index (χ4v) is 5.38. The Morgan fingerprint density at radius 2 is 1.44 bits per heavy atom. The van der Waals surface area contributed by atoms with E-state index in [4.69, 9.17) is 37.8 Å². The van der Waals surface area contributed by atoms with Gasteiger partial charge in [0.05, 0.1) is 30.5 Å². The molecule has 0 saturated carbocycles. The van der Waals surface area contributed by atoms with E-state index < -0.39 is 11.9 Å². The number of benzene rings is 3. The van der Waals surface area contributed by atoms with Gasteiger partial charge in [-0.15, -0.1) is 23.2 Å². The second-order valence-corrected chi connectivity index (χ2v) is 10.7. The van der Waals surface area contributed by atoms with Crippen molar-refractivity contribution >= 4 is 58.2 Å². The SMILES string of the molecule is O=C(O)CCCc1cn(CC(=O)O)c2c(/C=C/c3ccc(OCCCCOc4c(CCl)cccc4CCl)cc3)cccc12. The van der Waals surface area contributed by atoms with Gasteiger partial charge in [-0.1, -0.05) is 60.7 Å².